The Labute approximate surface area is 152 Å². The van der Waals surface area contributed by atoms with Crippen LogP contribution in [0.25, 0.3) is 5.70 Å². The van der Waals surface area contributed by atoms with Crippen molar-refractivity contribution in [3.8, 4) is 5.75 Å². The summed E-state index contributed by atoms with van der Waals surface area (Å²) in [4.78, 5) is 8.35. The molecule has 0 saturated heterocycles. The molecule has 144 valence electrons. The molecule has 0 heterocycles. The van der Waals surface area contributed by atoms with Gasteiger partial charge in [-0.3, -0.25) is 4.99 Å². The fourth-order valence-electron chi connectivity index (χ4n) is 1.74. The van der Waals surface area contributed by atoms with Gasteiger partial charge in [0.05, 0.1) is 12.8 Å². The first-order valence-electron chi connectivity index (χ1n) is 7.96. The minimum atomic E-state index is -4.73. The zero-order valence-electron chi connectivity index (χ0n) is 15.9. The number of methoxy groups -OCH3 is 1. The largest absolute Gasteiger partial charge is 0.573 e. The molecule has 0 saturated carbocycles. The van der Waals surface area contributed by atoms with E-state index in [0.29, 0.717) is 17.0 Å². The van der Waals surface area contributed by atoms with Crippen LogP contribution in [0.4, 0.5) is 13.2 Å². The van der Waals surface area contributed by atoms with Crippen molar-refractivity contribution in [3.05, 3.63) is 48.1 Å². The Kier molecular flexibility index (Phi) is 10.0. The molecule has 1 aromatic carbocycles. The van der Waals surface area contributed by atoms with E-state index >= 15 is 0 Å². The van der Waals surface area contributed by atoms with Gasteiger partial charge in [-0.15, -0.1) is 13.2 Å². The van der Waals surface area contributed by atoms with Crippen LogP contribution in [0.2, 0.25) is 0 Å². The number of rotatable bonds is 5. The second-order valence-corrected chi connectivity index (χ2v) is 4.97. The number of hydrogen-bond donors (Lipinski definition) is 0. The second kappa shape index (κ2) is 11.1. The van der Waals surface area contributed by atoms with Crippen molar-refractivity contribution in [2.75, 3.05) is 14.2 Å². The molecule has 1 aromatic rings. The Morgan fingerprint density at radius 3 is 2.04 bits per heavy atom. The van der Waals surface area contributed by atoms with Gasteiger partial charge in [0.25, 0.3) is 0 Å². The van der Waals surface area contributed by atoms with Gasteiger partial charge in [0.15, 0.2) is 0 Å². The maximum Gasteiger partial charge on any atom is 0.573 e. The van der Waals surface area contributed by atoms with E-state index in [1.807, 2.05) is 27.7 Å². The third-order valence-corrected chi connectivity index (χ3v) is 2.74. The number of alkyl halides is 3. The molecule has 0 spiro atoms. The summed E-state index contributed by atoms with van der Waals surface area (Å²) >= 11 is 0. The summed E-state index contributed by atoms with van der Waals surface area (Å²) in [5, 5.41) is 0. The van der Waals surface area contributed by atoms with Crippen LogP contribution in [0.5, 0.6) is 5.75 Å². The third-order valence-electron chi connectivity index (χ3n) is 2.74. The standard InChI is InChI=1S/C17H19F3N2O2.C2H6/c1-11(2)10-15(21-4)16(23-5)22-12(3)13-6-8-14(9-7-13)24-17(18,19)20;1-2/h6-10H,3H2,1-2,4-5H3;1-2H3. The first-order valence-corrected chi connectivity index (χ1v) is 7.96. The molecule has 0 radical (unpaired) electrons. The minimum Gasteiger partial charge on any atom is -0.479 e. The first kappa shape index (κ1) is 23.4. The molecule has 7 heteroatoms. The van der Waals surface area contributed by atoms with E-state index in [4.69, 9.17) is 4.74 Å². The van der Waals surface area contributed by atoms with Crippen molar-refractivity contribution >= 4 is 17.3 Å². The Balaban J connectivity index is 0.00000301. The average molecular weight is 370 g/mol. The molecule has 0 fully saturated rings. The zero-order chi connectivity index (χ0) is 20.3. The van der Waals surface area contributed by atoms with Crippen LogP contribution in [-0.2, 0) is 4.74 Å². The molecule has 0 bridgehead atoms. The van der Waals surface area contributed by atoms with E-state index < -0.39 is 6.36 Å². The molecule has 26 heavy (non-hydrogen) atoms. The lowest BCUT2D eigenvalue weighted by atomic mass is 10.1. The lowest BCUT2D eigenvalue weighted by Crippen LogP contribution is -2.17. The number of halogens is 3. The Morgan fingerprint density at radius 2 is 1.65 bits per heavy atom. The topological polar surface area (TPSA) is 43.2 Å². The van der Waals surface area contributed by atoms with E-state index in [0.717, 1.165) is 5.57 Å². The highest BCUT2D eigenvalue weighted by Crippen LogP contribution is 2.24. The molecule has 0 aliphatic carbocycles. The molecule has 0 unspecified atom stereocenters. The summed E-state index contributed by atoms with van der Waals surface area (Å²) in [5.74, 6) is -0.0466. The minimum absolute atomic E-state index is 0.263. The van der Waals surface area contributed by atoms with Crippen LogP contribution in [0.15, 0.2) is 52.5 Å². The van der Waals surface area contributed by atoms with Gasteiger partial charge in [-0.1, -0.05) is 26.0 Å². The van der Waals surface area contributed by atoms with E-state index in [1.54, 1.807) is 13.1 Å². The van der Waals surface area contributed by atoms with Gasteiger partial charge in [-0.05, 0) is 49.8 Å². The summed E-state index contributed by atoms with van der Waals surface area (Å²) in [6.45, 7) is 11.6. The van der Waals surface area contributed by atoms with Crippen LogP contribution in [0, 0.1) is 0 Å². The average Bonchev–Trinajstić information content (AvgIpc) is 2.58. The van der Waals surface area contributed by atoms with Crippen molar-refractivity contribution in [1.82, 2.24) is 0 Å². The van der Waals surface area contributed by atoms with Crippen molar-refractivity contribution < 1.29 is 22.6 Å². The smallest absolute Gasteiger partial charge is 0.479 e. The number of hydrogen-bond acceptors (Lipinski definition) is 4. The molecule has 1 rings (SSSR count). The van der Waals surface area contributed by atoms with E-state index in [9.17, 15) is 13.2 Å². The highest BCUT2D eigenvalue weighted by atomic mass is 19.4. The summed E-state index contributed by atoms with van der Waals surface area (Å²) in [6.07, 6.45) is -2.92. The van der Waals surface area contributed by atoms with E-state index in [2.05, 4.69) is 21.3 Å². The Morgan fingerprint density at radius 1 is 1.12 bits per heavy atom. The predicted octanol–water partition coefficient (Wildman–Crippen LogP) is 5.66. The highest BCUT2D eigenvalue weighted by Gasteiger charge is 2.30. The fourth-order valence-corrected chi connectivity index (χ4v) is 1.74. The molecular formula is C19H25F3N2O2. The Bertz CT molecular complexity index is 669. The molecule has 0 N–H and O–H groups in total. The quantitative estimate of drug-likeness (QED) is 0.495. The highest BCUT2D eigenvalue weighted by molar-refractivity contribution is 6.44. The van der Waals surface area contributed by atoms with Gasteiger partial charge in [0.1, 0.15) is 11.5 Å². The lowest BCUT2D eigenvalue weighted by Gasteiger charge is -2.10. The van der Waals surface area contributed by atoms with Gasteiger partial charge >= 0.3 is 6.36 Å². The second-order valence-electron chi connectivity index (χ2n) is 4.97. The van der Waals surface area contributed by atoms with Crippen molar-refractivity contribution in [1.29, 1.82) is 0 Å². The molecule has 0 aliphatic rings. The lowest BCUT2D eigenvalue weighted by molar-refractivity contribution is -0.274. The number of allylic oxidation sites excluding steroid dienone is 1. The van der Waals surface area contributed by atoms with Crippen LogP contribution in [0.1, 0.15) is 33.3 Å². The summed E-state index contributed by atoms with van der Waals surface area (Å²) in [6, 6.07) is 5.26. The first-order chi connectivity index (χ1) is 12.2. The third kappa shape index (κ3) is 8.50. The van der Waals surface area contributed by atoms with Gasteiger partial charge in [-0.2, -0.15) is 0 Å². The van der Waals surface area contributed by atoms with Gasteiger partial charge in [0, 0.05) is 7.05 Å². The molecule has 0 amide bonds. The molecule has 0 aromatic heterocycles. The SMILES string of the molecule is C=C(N=C(OC)C(C=C(C)C)=NC)c1ccc(OC(F)(F)F)cc1.CC. The molecule has 4 nitrogen and oxygen atoms in total. The van der Waals surface area contributed by atoms with Crippen LogP contribution >= 0.6 is 0 Å². The van der Waals surface area contributed by atoms with Crippen molar-refractivity contribution in [2.24, 2.45) is 9.98 Å². The van der Waals surface area contributed by atoms with E-state index in [-0.39, 0.29) is 11.6 Å². The maximum atomic E-state index is 12.2. The Hall–Kier alpha value is -2.57. The molecular weight excluding hydrogens is 345 g/mol. The number of benzene rings is 1. The van der Waals surface area contributed by atoms with Gasteiger partial charge in [0.2, 0.25) is 5.90 Å². The van der Waals surface area contributed by atoms with Crippen molar-refractivity contribution in [2.45, 2.75) is 34.1 Å². The fraction of sp³-hybridized carbons (Fsp3) is 0.368. The van der Waals surface area contributed by atoms with Crippen molar-refractivity contribution in [3.63, 3.8) is 0 Å². The number of aliphatic imine (C=N–C) groups is 2. The monoisotopic (exact) mass is 370 g/mol. The number of ether oxygens (including phenoxy) is 2. The van der Waals surface area contributed by atoms with E-state index in [1.165, 1.54) is 31.4 Å². The predicted molar refractivity (Wildman–Crippen MR) is 101 cm³/mol. The summed E-state index contributed by atoms with van der Waals surface area (Å²) in [7, 11) is 3.06. The summed E-state index contributed by atoms with van der Waals surface area (Å²) < 4.78 is 45.5. The number of nitrogens with zero attached hydrogens (tertiary/aromatic N) is 2. The van der Waals surface area contributed by atoms with Gasteiger partial charge < -0.3 is 9.47 Å². The normalized spacial score (nSPS) is 11.9. The maximum absolute atomic E-state index is 12.2. The molecule has 0 atom stereocenters. The van der Waals surface area contributed by atoms with Crippen LogP contribution in [0.3, 0.4) is 0 Å². The zero-order valence-corrected chi connectivity index (χ0v) is 15.9. The summed E-state index contributed by atoms with van der Waals surface area (Å²) in [5.41, 5.74) is 2.41. The van der Waals surface area contributed by atoms with Gasteiger partial charge in [-0.25, -0.2) is 4.99 Å². The molecule has 0 aliphatic heterocycles. The van der Waals surface area contributed by atoms with Crippen LogP contribution < -0.4 is 4.74 Å². The van der Waals surface area contributed by atoms with Crippen LogP contribution in [-0.4, -0.2) is 32.1 Å².